The Kier molecular flexibility index (Phi) is 10.2. The number of hydrogen-bond donors (Lipinski definition) is 1. The Bertz CT molecular complexity index is 1350. The van der Waals surface area contributed by atoms with Crippen molar-refractivity contribution in [2.75, 3.05) is 5.32 Å². The van der Waals surface area contributed by atoms with Gasteiger partial charge in [0.1, 0.15) is 5.75 Å². The van der Waals surface area contributed by atoms with Crippen LogP contribution in [0.2, 0.25) is 0 Å². The van der Waals surface area contributed by atoms with Gasteiger partial charge in [-0.1, -0.05) is 0 Å². The summed E-state index contributed by atoms with van der Waals surface area (Å²) in [7, 11) is 0. The molecule has 0 saturated heterocycles. The first-order valence-corrected chi connectivity index (χ1v) is 11.7. The number of pyridine rings is 1. The fourth-order valence-corrected chi connectivity index (χ4v) is 4.26. The van der Waals surface area contributed by atoms with Gasteiger partial charge in [-0.2, -0.15) is 5.10 Å². The predicted molar refractivity (Wildman–Crippen MR) is 132 cm³/mol. The number of nitrogens with zero attached hydrogens (tertiary/aromatic N) is 3. The molecule has 1 aliphatic rings. The molecule has 0 spiro atoms. The maximum absolute atomic E-state index is 12.5. The van der Waals surface area contributed by atoms with Crippen LogP contribution in [0.3, 0.4) is 0 Å². The van der Waals surface area contributed by atoms with Crippen molar-refractivity contribution in [1.82, 2.24) is 14.8 Å². The van der Waals surface area contributed by atoms with Crippen molar-refractivity contribution in [3.05, 3.63) is 77.7 Å². The van der Waals surface area contributed by atoms with Crippen molar-refractivity contribution in [2.24, 2.45) is 0 Å². The zero-order valence-electron chi connectivity index (χ0n) is 21.2. The average molecular weight is 724 g/mol. The molecule has 1 radical (unpaired) electrons. The fourth-order valence-electron chi connectivity index (χ4n) is 4.26. The minimum absolute atomic E-state index is 0. The molecular formula is C28H28N4O2RbRe-. The van der Waals surface area contributed by atoms with Crippen LogP contribution < -0.4 is 68.2 Å². The molecule has 0 fully saturated rings. The van der Waals surface area contributed by atoms with E-state index in [4.69, 9.17) is 4.74 Å². The van der Waals surface area contributed by atoms with Gasteiger partial charge in [-0.15, -0.1) is 5.75 Å². The maximum atomic E-state index is 12.5. The smallest absolute Gasteiger partial charge is 0.507 e. The van der Waals surface area contributed by atoms with Crippen LogP contribution in [0.4, 0.5) is 5.69 Å². The monoisotopic (exact) mass is 724 g/mol. The van der Waals surface area contributed by atoms with E-state index in [-0.39, 0.29) is 96.5 Å². The number of ether oxygens (including phenoxy) is 1. The van der Waals surface area contributed by atoms with Crippen LogP contribution in [0.5, 0.6) is 11.5 Å². The Labute approximate surface area is 275 Å². The number of carbonyl (C=O) groups excluding carboxylic acids is 1. The molecule has 0 saturated carbocycles. The van der Waals surface area contributed by atoms with Crippen molar-refractivity contribution < 1.29 is 88.1 Å². The van der Waals surface area contributed by atoms with E-state index in [1.807, 2.05) is 16.9 Å². The standard InChI is InChI=1S/C28H28N4O2.Rb.Re/c1-28(2,3)32-18-22(17-30-32)31-27(33)14-19-8-10-23(11-9-19)34-26-12-13-29-25-16-21-7-5-4-6-20(21)15-24(25)26;;/h8-9,12-13,15-18H,4-7,14H2,1-3H3,(H,31,33);;/q-2;+1;. The minimum atomic E-state index is -0.137. The minimum Gasteiger partial charge on any atom is -0.507 e. The van der Waals surface area contributed by atoms with Crippen LogP contribution in [0.1, 0.15) is 50.3 Å². The number of amides is 1. The average Bonchev–Trinajstić information content (AvgIpc) is 3.28. The summed E-state index contributed by atoms with van der Waals surface area (Å²) in [6.07, 6.45) is 10.2. The van der Waals surface area contributed by atoms with Gasteiger partial charge in [0.15, 0.2) is 0 Å². The molecule has 1 aliphatic carbocycles. The maximum Gasteiger partial charge on any atom is 1.00 e. The Hall–Kier alpha value is -1.20. The van der Waals surface area contributed by atoms with E-state index in [0.717, 1.165) is 35.1 Å². The summed E-state index contributed by atoms with van der Waals surface area (Å²) in [5, 5.41) is 8.21. The SMILES string of the molecule is CC(C)(C)n1cc(NC(=O)Cc2c[c-]c(Oc3ccnc4cc5c(cc34)CCCC5)[c-]c2)cn1.[Rb+].[Re]. The Balaban J connectivity index is 0.00000180. The topological polar surface area (TPSA) is 69.0 Å². The molecule has 2 aromatic carbocycles. The van der Waals surface area contributed by atoms with Crippen molar-refractivity contribution in [1.29, 1.82) is 0 Å². The Morgan fingerprint density at radius 1 is 1.14 bits per heavy atom. The first-order valence-electron chi connectivity index (χ1n) is 11.7. The van der Waals surface area contributed by atoms with E-state index in [2.05, 4.69) is 60.4 Å². The molecule has 36 heavy (non-hydrogen) atoms. The number of nitrogens with one attached hydrogen (secondary N) is 1. The third kappa shape index (κ3) is 7.01. The van der Waals surface area contributed by atoms with E-state index < -0.39 is 0 Å². The first-order chi connectivity index (χ1) is 16.3. The van der Waals surface area contributed by atoms with Crippen LogP contribution in [-0.2, 0) is 50.0 Å². The number of aryl methyl sites for hydroxylation is 2. The molecule has 1 amide bonds. The number of benzene rings is 2. The summed E-state index contributed by atoms with van der Waals surface area (Å²) >= 11 is 0. The number of rotatable bonds is 5. The molecule has 2 heterocycles. The molecular weight excluding hydrogens is 696 g/mol. The zero-order valence-corrected chi connectivity index (χ0v) is 28.8. The Morgan fingerprint density at radius 2 is 1.83 bits per heavy atom. The van der Waals surface area contributed by atoms with E-state index >= 15 is 0 Å². The van der Waals surface area contributed by atoms with Crippen molar-refractivity contribution >= 4 is 22.5 Å². The largest absolute Gasteiger partial charge is 1.00 e. The molecule has 0 unspecified atom stereocenters. The number of hydrogen-bond acceptors (Lipinski definition) is 4. The first kappa shape index (κ1) is 29.4. The molecule has 2 aromatic heterocycles. The molecule has 0 bridgehead atoms. The second-order valence-electron chi connectivity index (χ2n) is 9.81. The molecule has 0 aliphatic heterocycles. The van der Waals surface area contributed by atoms with Crippen LogP contribution in [0.15, 0.2) is 48.9 Å². The quantitative estimate of drug-likeness (QED) is 0.322. The summed E-state index contributed by atoms with van der Waals surface area (Å²) in [4.78, 5) is 17.0. The van der Waals surface area contributed by atoms with Gasteiger partial charge in [-0.25, -0.2) is 0 Å². The van der Waals surface area contributed by atoms with Crippen LogP contribution in [-0.4, -0.2) is 20.7 Å². The van der Waals surface area contributed by atoms with Gasteiger partial charge in [0.05, 0.1) is 22.9 Å². The number of carbonyl (C=O) groups is 1. The second-order valence-corrected chi connectivity index (χ2v) is 9.81. The van der Waals surface area contributed by atoms with Gasteiger partial charge < -0.3 is 22.2 Å². The van der Waals surface area contributed by atoms with Gasteiger partial charge in [0, 0.05) is 38.2 Å². The predicted octanol–water partition coefficient (Wildman–Crippen LogP) is 2.64. The molecule has 1 N–H and O–H groups in total. The third-order valence-corrected chi connectivity index (χ3v) is 6.07. The molecule has 5 rings (SSSR count). The van der Waals surface area contributed by atoms with Crippen molar-refractivity contribution in [3.63, 3.8) is 0 Å². The van der Waals surface area contributed by atoms with Crippen molar-refractivity contribution in [2.45, 2.75) is 58.4 Å². The van der Waals surface area contributed by atoms with Gasteiger partial charge in [-0.05, 0) is 82.2 Å². The van der Waals surface area contributed by atoms with Gasteiger partial charge in [0.25, 0.3) is 0 Å². The molecule has 0 atom stereocenters. The van der Waals surface area contributed by atoms with Gasteiger partial charge in [-0.3, -0.25) is 32.2 Å². The van der Waals surface area contributed by atoms with Gasteiger partial charge >= 0.3 is 58.2 Å². The van der Waals surface area contributed by atoms with E-state index in [1.165, 1.54) is 24.0 Å². The van der Waals surface area contributed by atoms with Crippen LogP contribution in [0.25, 0.3) is 10.9 Å². The number of fused-ring (bicyclic) bond motifs is 2. The normalized spacial score (nSPS) is 12.8. The number of anilines is 1. The third-order valence-electron chi connectivity index (χ3n) is 6.07. The second kappa shape index (κ2) is 12.6. The summed E-state index contributed by atoms with van der Waals surface area (Å²) < 4.78 is 7.94. The summed E-state index contributed by atoms with van der Waals surface area (Å²) in [6.45, 7) is 6.18. The molecule has 181 valence electrons. The van der Waals surface area contributed by atoms with Crippen LogP contribution >= 0.6 is 0 Å². The molecule has 6 nitrogen and oxygen atoms in total. The summed E-state index contributed by atoms with van der Waals surface area (Å²) in [6, 6.07) is 16.0. The van der Waals surface area contributed by atoms with E-state index in [9.17, 15) is 4.79 Å². The fraction of sp³-hybridized carbons (Fsp3) is 0.321. The molecule has 4 aromatic rings. The van der Waals surface area contributed by atoms with E-state index in [0.29, 0.717) is 11.4 Å². The number of aromatic nitrogens is 3. The molecule has 8 heteroatoms. The Morgan fingerprint density at radius 3 is 2.50 bits per heavy atom. The van der Waals surface area contributed by atoms with E-state index in [1.54, 1.807) is 24.5 Å². The summed E-state index contributed by atoms with van der Waals surface area (Å²) in [5.74, 6) is 1.11. The van der Waals surface area contributed by atoms with Gasteiger partial charge in [0.2, 0.25) is 5.91 Å². The summed E-state index contributed by atoms with van der Waals surface area (Å²) in [5.41, 5.74) is 5.08. The van der Waals surface area contributed by atoms with Crippen LogP contribution in [0, 0.1) is 12.1 Å². The van der Waals surface area contributed by atoms with Crippen molar-refractivity contribution in [3.8, 4) is 11.5 Å². The zero-order chi connectivity index (χ0) is 23.7.